The second kappa shape index (κ2) is 3.29. The molecule has 3 N–H and O–H groups in total. The molecule has 1 fully saturated rings. The van der Waals surface area contributed by atoms with Crippen LogP contribution in [0.15, 0.2) is 0 Å². The predicted molar refractivity (Wildman–Crippen MR) is 46.7 cm³/mol. The molecule has 0 bridgehead atoms. The molecule has 0 spiro atoms. The zero-order valence-electron chi connectivity index (χ0n) is 7.32. The molecule has 12 heavy (non-hydrogen) atoms. The van der Waals surface area contributed by atoms with Crippen molar-refractivity contribution in [2.75, 3.05) is 13.1 Å². The van der Waals surface area contributed by atoms with E-state index in [0.29, 0.717) is 13.1 Å². The molecule has 0 aliphatic carbocycles. The molecule has 1 aliphatic rings. The molecule has 6 heteroatoms. The number of nitrogens with two attached hydrogens (primary N) is 1. The Morgan fingerprint density at radius 3 is 2.50 bits per heavy atom. The van der Waals surface area contributed by atoms with Crippen LogP contribution in [0.3, 0.4) is 0 Å². The van der Waals surface area contributed by atoms with E-state index < -0.39 is 10.2 Å². The summed E-state index contributed by atoms with van der Waals surface area (Å²) in [7, 11) is -3.51. The first-order valence-electron chi connectivity index (χ1n) is 3.94. The maximum Gasteiger partial charge on any atom is 0.277 e. The van der Waals surface area contributed by atoms with Crippen LogP contribution in [0.2, 0.25) is 0 Å². The molecule has 2 unspecified atom stereocenters. The van der Waals surface area contributed by atoms with Gasteiger partial charge in [-0.2, -0.15) is 12.7 Å². The Morgan fingerprint density at radius 1 is 1.50 bits per heavy atom. The summed E-state index contributed by atoms with van der Waals surface area (Å²) < 4.78 is 23.4. The number of piperazine rings is 1. The first-order valence-corrected chi connectivity index (χ1v) is 5.44. The molecule has 0 amide bonds. The Morgan fingerprint density at radius 2 is 2.08 bits per heavy atom. The van der Waals surface area contributed by atoms with E-state index in [9.17, 15) is 8.42 Å². The molecular formula is C6H15N3O2S. The first kappa shape index (κ1) is 9.91. The minimum atomic E-state index is -3.51. The highest BCUT2D eigenvalue weighted by molar-refractivity contribution is 7.86. The second-order valence-electron chi connectivity index (χ2n) is 3.27. The molecular weight excluding hydrogens is 178 g/mol. The van der Waals surface area contributed by atoms with Crippen LogP contribution in [0.1, 0.15) is 13.8 Å². The maximum atomic E-state index is 11.0. The van der Waals surface area contributed by atoms with Crippen molar-refractivity contribution in [3.05, 3.63) is 0 Å². The fourth-order valence-corrected chi connectivity index (χ4v) is 2.35. The molecule has 2 atom stereocenters. The topological polar surface area (TPSA) is 75.4 Å². The number of rotatable bonds is 1. The summed E-state index contributed by atoms with van der Waals surface area (Å²) in [4.78, 5) is 0. The van der Waals surface area contributed by atoms with Gasteiger partial charge in [-0.25, -0.2) is 5.14 Å². The van der Waals surface area contributed by atoms with Crippen LogP contribution >= 0.6 is 0 Å². The van der Waals surface area contributed by atoms with E-state index in [1.165, 1.54) is 4.31 Å². The van der Waals surface area contributed by atoms with Gasteiger partial charge in [0, 0.05) is 25.2 Å². The van der Waals surface area contributed by atoms with Crippen molar-refractivity contribution in [2.45, 2.75) is 25.9 Å². The van der Waals surface area contributed by atoms with Gasteiger partial charge in [-0.3, -0.25) is 0 Å². The summed E-state index contributed by atoms with van der Waals surface area (Å²) in [6, 6.07) is 0.135. The predicted octanol–water partition coefficient (Wildman–Crippen LogP) is -1.13. The van der Waals surface area contributed by atoms with Gasteiger partial charge in [0.25, 0.3) is 10.2 Å². The lowest BCUT2D eigenvalue weighted by molar-refractivity contribution is 0.245. The largest absolute Gasteiger partial charge is 0.311 e. The smallest absolute Gasteiger partial charge is 0.277 e. The van der Waals surface area contributed by atoms with Crippen LogP contribution in [0.4, 0.5) is 0 Å². The molecule has 0 aromatic heterocycles. The number of nitrogens with zero attached hydrogens (tertiary/aromatic N) is 1. The van der Waals surface area contributed by atoms with Crippen molar-refractivity contribution in [2.24, 2.45) is 5.14 Å². The maximum absolute atomic E-state index is 11.0. The molecule has 0 aromatic carbocycles. The SMILES string of the molecule is CC1CN(S(N)(=O)=O)C(C)CN1. The Labute approximate surface area is 73.1 Å². The van der Waals surface area contributed by atoms with Gasteiger partial charge >= 0.3 is 0 Å². The molecule has 5 nitrogen and oxygen atoms in total. The fraction of sp³-hybridized carbons (Fsp3) is 1.00. The van der Waals surface area contributed by atoms with E-state index in [2.05, 4.69) is 5.32 Å². The molecule has 1 rings (SSSR count). The van der Waals surface area contributed by atoms with Crippen LogP contribution < -0.4 is 10.5 Å². The van der Waals surface area contributed by atoms with Crippen molar-refractivity contribution in [3.8, 4) is 0 Å². The van der Waals surface area contributed by atoms with E-state index in [-0.39, 0.29) is 12.1 Å². The highest BCUT2D eigenvalue weighted by Gasteiger charge is 2.29. The molecule has 0 saturated carbocycles. The molecule has 1 aliphatic heterocycles. The van der Waals surface area contributed by atoms with Crippen LogP contribution in [0.25, 0.3) is 0 Å². The lowest BCUT2D eigenvalue weighted by Gasteiger charge is -2.34. The van der Waals surface area contributed by atoms with Crippen molar-refractivity contribution in [1.29, 1.82) is 0 Å². The molecule has 72 valence electrons. The first-order chi connectivity index (χ1) is 5.41. The van der Waals surface area contributed by atoms with Crippen molar-refractivity contribution < 1.29 is 8.42 Å². The molecule has 1 heterocycles. The van der Waals surface area contributed by atoms with Crippen LogP contribution in [-0.4, -0.2) is 37.9 Å². The van der Waals surface area contributed by atoms with E-state index >= 15 is 0 Å². The van der Waals surface area contributed by atoms with Gasteiger partial charge in [0.1, 0.15) is 0 Å². The lowest BCUT2D eigenvalue weighted by Crippen LogP contribution is -2.57. The third-order valence-corrected chi connectivity index (χ3v) is 3.20. The zero-order valence-corrected chi connectivity index (χ0v) is 8.13. The van der Waals surface area contributed by atoms with Crippen molar-refractivity contribution in [1.82, 2.24) is 9.62 Å². The highest BCUT2D eigenvalue weighted by atomic mass is 32.2. The van der Waals surface area contributed by atoms with Gasteiger partial charge in [0.2, 0.25) is 0 Å². The summed E-state index contributed by atoms with van der Waals surface area (Å²) in [6.07, 6.45) is 0. The Hall–Kier alpha value is -0.170. The van der Waals surface area contributed by atoms with Crippen molar-refractivity contribution in [3.63, 3.8) is 0 Å². The third kappa shape index (κ3) is 2.16. The van der Waals surface area contributed by atoms with Gasteiger partial charge in [0.05, 0.1) is 0 Å². The fourth-order valence-electron chi connectivity index (χ4n) is 1.34. The van der Waals surface area contributed by atoms with Gasteiger partial charge in [0.15, 0.2) is 0 Å². The summed E-state index contributed by atoms with van der Waals surface area (Å²) in [5.41, 5.74) is 0. The number of hydrogen-bond acceptors (Lipinski definition) is 3. The van der Waals surface area contributed by atoms with Crippen LogP contribution in [0, 0.1) is 0 Å². The summed E-state index contributed by atoms with van der Waals surface area (Å²) in [5, 5.41) is 8.21. The van der Waals surface area contributed by atoms with E-state index in [1.54, 1.807) is 0 Å². The van der Waals surface area contributed by atoms with Gasteiger partial charge in [-0.1, -0.05) is 0 Å². The van der Waals surface area contributed by atoms with Crippen LogP contribution in [-0.2, 0) is 10.2 Å². The monoisotopic (exact) mass is 193 g/mol. The summed E-state index contributed by atoms with van der Waals surface area (Å²) >= 11 is 0. The molecule has 0 aromatic rings. The zero-order chi connectivity index (χ0) is 9.35. The Kier molecular flexibility index (Phi) is 2.72. The molecule has 1 saturated heterocycles. The standard InChI is InChI=1S/C6H15N3O2S/c1-5-4-9(12(7,10)11)6(2)3-8-5/h5-6,8H,3-4H2,1-2H3,(H2,7,10,11). The lowest BCUT2D eigenvalue weighted by atomic mass is 10.2. The normalized spacial score (nSPS) is 33.6. The minimum absolute atomic E-state index is 0.0452. The van der Waals surface area contributed by atoms with Crippen molar-refractivity contribution >= 4 is 10.2 Å². The van der Waals surface area contributed by atoms with E-state index in [4.69, 9.17) is 5.14 Å². The molecule has 0 radical (unpaired) electrons. The van der Waals surface area contributed by atoms with E-state index in [1.807, 2.05) is 13.8 Å². The number of nitrogens with one attached hydrogen (secondary N) is 1. The summed E-state index contributed by atoms with van der Waals surface area (Å²) in [6.45, 7) is 4.89. The van der Waals surface area contributed by atoms with Gasteiger partial charge < -0.3 is 5.32 Å². The minimum Gasteiger partial charge on any atom is -0.311 e. The average molecular weight is 193 g/mol. The number of hydrogen-bond donors (Lipinski definition) is 2. The Bertz CT molecular complexity index is 252. The second-order valence-corrected chi connectivity index (χ2v) is 4.77. The van der Waals surface area contributed by atoms with Crippen LogP contribution in [0.5, 0.6) is 0 Å². The Balaban J connectivity index is 2.74. The van der Waals surface area contributed by atoms with E-state index in [0.717, 1.165) is 0 Å². The summed E-state index contributed by atoms with van der Waals surface area (Å²) in [5.74, 6) is 0. The average Bonchev–Trinajstić information content (AvgIpc) is 1.92. The van der Waals surface area contributed by atoms with Gasteiger partial charge in [-0.05, 0) is 13.8 Å². The van der Waals surface area contributed by atoms with Gasteiger partial charge in [-0.15, -0.1) is 0 Å². The quantitative estimate of drug-likeness (QED) is 0.553. The third-order valence-electron chi connectivity index (χ3n) is 2.03. The highest BCUT2D eigenvalue weighted by Crippen LogP contribution is 2.08.